The van der Waals surface area contributed by atoms with Crippen LogP contribution in [0.15, 0.2) is 29.6 Å². The number of carbonyl (C=O) groups is 1. The lowest BCUT2D eigenvalue weighted by Crippen LogP contribution is -2.37. The average molecular weight is 404 g/mol. The molecule has 2 aromatic rings. The van der Waals surface area contributed by atoms with Crippen LogP contribution in [0.3, 0.4) is 0 Å². The Balaban J connectivity index is 0.00000156. The Kier molecular flexibility index (Phi) is 9.21. The fourth-order valence-corrected chi connectivity index (χ4v) is 3.20. The molecule has 0 bridgehead atoms. The Morgan fingerprint density at radius 2 is 2.12 bits per heavy atom. The monoisotopic (exact) mass is 403 g/mol. The number of hydrogen-bond acceptors (Lipinski definition) is 5. The van der Waals surface area contributed by atoms with Crippen LogP contribution < -0.4 is 15.4 Å². The molecule has 1 fully saturated rings. The van der Waals surface area contributed by atoms with E-state index in [0.29, 0.717) is 13.0 Å². The van der Waals surface area contributed by atoms with Crippen molar-refractivity contribution in [1.29, 1.82) is 0 Å². The topological polar surface area (TPSA) is 63.2 Å². The molecule has 0 aliphatic carbocycles. The number of nitrogens with one attached hydrogen (secondary N) is 2. The number of aryl methyl sites for hydroxylation is 1. The molecule has 5 nitrogen and oxygen atoms in total. The molecule has 0 spiro atoms. The first kappa shape index (κ1) is 21.7. The third kappa shape index (κ3) is 6.82. The number of rotatable bonds is 6. The Hall–Kier alpha value is -1.34. The van der Waals surface area contributed by atoms with Gasteiger partial charge >= 0.3 is 0 Å². The molecule has 1 amide bonds. The molecular formula is C17H23Cl2N3O2S. The number of carbonyl (C=O) groups excluding carboxylic acids is 1. The molecule has 1 aromatic heterocycles. The molecule has 1 saturated heterocycles. The fourth-order valence-electron chi connectivity index (χ4n) is 2.50. The lowest BCUT2D eigenvalue weighted by Gasteiger charge is -2.10. The van der Waals surface area contributed by atoms with Gasteiger partial charge in [0, 0.05) is 18.0 Å². The Labute approximate surface area is 164 Å². The molecule has 1 atom stereocenters. The van der Waals surface area contributed by atoms with Gasteiger partial charge in [0.2, 0.25) is 5.91 Å². The second kappa shape index (κ2) is 10.6. The van der Waals surface area contributed by atoms with E-state index < -0.39 is 0 Å². The van der Waals surface area contributed by atoms with Crippen molar-refractivity contribution in [3.05, 3.63) is 45.9 Å². The van der Waals surface area contributed by atoms with Crippen LogP contribution in [-0.2, 0) is 17.8 Å². The van der Waals surface area contributed by atoms with Crippen LogP contribution in [-0.4, -0.2) is 30.0 Å². The Morgan fingerprint density at radius 1 is 1.36 bits per heavy atom. The van der Waals surface area contributed by atoms with Crippen LogP contribution in [0.4, 0.5) is 0 Å². The number of nitrogens with zero attached hydrogens (tertiary/aromatic N) is 1. The van der Waals surface area contributed by atoms with Gasteiger partial charge in [-0.05, 0) is 32.0 Å². The van der Waals surface area contributed by atoms with Crippen molar-refractivity contribution in [2.45, 2.75) is 32.4 Å². The summed E-state index contributed by atoms with van der Waals surface area (Å²) in [5.41, 5.74) is 2.01. The summed E-state index contributed by atoms with van der Waals surface area (Å²) in [7, 11) is 0. The summed E-state index contributed by atoms with van der Waals surface area (Å²) < 4.78 is 5.71. The Bertz CT molecular complexity index is 658. The lowest BCUT2D eigenvalue weighted by atomic mass is 10.2. The predicted octanol–water partition coefficient (Wildman–Crippen LogP) is 2.89. The summed E-state index contributed by atoms with van der Waals surface area (Å²) in [6, 6.07) is 8.20. The molecule has 2 N–H and O–H groups in total. The van der Waals surface area contributed by atoms with Gasteiger partial charge in [0.1, 0.15) is 17.4 Å². The van der Waals surface area contributed by atoms with Gasteiger partial charge in [0.05, 0.1) is 12.1 Å². The van der Waals surface area contributed by atoms with E-state index in [0.717, 1.165) is 36.0 Å². The summed E-state index contributed by atoms with van der Waals surface area (Å²) in [6.45, 7) is 4.31. The molecule has 2 heterocycles. The molecule has 138 valence electrons. The number of ether oxygens (including phenoxy) is 1. The summed E-state index contributed by atoms with van der Waals surface area (Å²) in [5, 5.41) is 9.08. The van der Waals surface area contributed by atoms with Gasteiger partial charge in [-0.1, -0.05) is 17.7 Å². The lowest BCUT2D eigenvalue weighted by molar-refractivity contribution is -0.121. The third-order valence-electron chi connectivity index (χ3n) is 3.75. The number of hydrogen-bond donors (Lipinski definition) is 2. The van der Waals surface area contributed by atoms with E-state index in [-0.39, 0.29) is 36.8 Å². The number of halogens is 2. The first-order valence-corrected chi connectivity index (χ1v) is 8.70. The smallest absolute Gasteiger partial charge is 0.226 e. The highest BCUT2D eigenvalue weighted by Gasteiger charge is 2.17. The maximum atomic E-state index is 12.0. The highest BCUT2D eigenvalue weighted by atomic mass is 35.5. The molecule has 3 rings (SSSR count). The van der Waals surface area contributed by atoms with Crippen LogP contribution in [0, 0.1) is 6.92 Å². The molecular weight excluding hydrogens is 381 g/mol. The largest absolute Gasteiger partial charge is 0.486 e. The highest BCUT2D eigenvalue weighted by Crippen LogP contribution is 2.16. The zero-order valence-electron chi connectivity index (χ0n) is 14.0. The van der Waals surface area contributed by atoms with Crippen molar-refractivity contribution in [3.63, 3.8) is 0 Å². The zero-order valence-corrected chi connectivity index (χ0v) is 16.4. The average Bonchev–Trinajstić information content (AvgIpc) is 3.19. The van der Waals surface area contributed by atoms with Crippen molar-refractivity contribution in [1.82, 2.24) is 15.6 Å². The van der Waals surface area contributed by atoms with Crippen molar-refractivity contribution < 1.29 is 9.53 Å². The number of thiazole rings is 1. The highest BCUT2D eigenvalue weighted by molar-refractivity contribution is 7.09. The van der Waals surface area contributed by atoms with Crippen molar-refractivity contribution in [2.75, 3.05) is 13.1 Å². The standard InChI is InChI=1S/C17H21N3O2S.2ClH/c1-12-2-4-15(5-3-12)22-10-17-20-14(11-23-17)8-16(21)19-13-6-7-18-9-13;;/h2-5,11,13,18H,6-10H2,1H3,(H,19,21);2*1H. The van der Waals surface area contributed by atoms with E-state index in [9.17, 15) is 4.79 Å². The molecule has 1 aliphatic heterocycles. The van der Waals surface area contributed by atoms with Crippen molar-refractivity contribution >= 4 is 42.1 Å². The normalized spacial score (nSPS) is 15.8. The van der Waals surface area contributed by atoms with Gasteiger partial charge in [0.25, 0.3) is 0 Å². The summed E-state index contributed by atoms with van der Waals surface area (Å²) in [6.07, 6.45) is 1.33. The van der Waals surface area contributed by atoms with E-state index in [1.807, 2.05) is 36.6 Å². The third-order valence-corrected chi connectivity index (χ3v) is 4.62. The predicted molar refractivity (Wildman–Crippen MR) is 105 cm³/mol. The number of aromatic nitrogens is 1. The minimum absolute atomic E-state index is 0. The maximum absolute atomic E-state index is 12.0. The summed E-state index contributed by atoms with van der Waals surface area (Å²) >= 11 is 1.53. The second-order valence-corrected chi connectivity index (χ2v) is 6.71. The van der Waals surface area contributed by atoms with E-state index in [1.54, 1.807) is 0 Å². The zero-order chi connectivity index (χ0) is 16.1. The minimum atomic E-state index is 0. The van der Waals surface area contributed by atoms with Gasteiger partial charge in [-0.15, -0.1) is 36.2 Å². The van der Waals surface area contributed by atoms with Gasteiger partial charge in [-0.25, -0.2) is 4.98 Å². The van der Waals surface area contributed by atoms with Gasteiger partial charge < -0.3 is 15.4 Å². The maximum Gasteiger partial charge on any atom is 0.226 e. The van der Waals surface area contributed by atoms with E-state index in [4.69, 9.17) is 4.74 Å². The van der Waals surface area contributed by atoms with Gasteiger partial charge in [-0.3, -0.25) is 4.79 Å². The molecule has 1 unspecified atom stereocenters. The second-order valence-electron chi connectivity index (χ2n) is 5.77. The van der Waals surface area contributed by atoms with Crippen LogP contribution >= 0.6 is 36.2 Å². The molecule has 1 aliphatic rings. The molecule has 1 aromatic carbocycles. The van der Waals surface area contributed by atoms with Crippen molar-refractivity contribution in [2.24, 2.45) is 0 Å². The van der Waals surface area contributed by atoms with E-state index in [2.05, 4.69) is 15.6 Å². The van der Waals surface area contributed by atoms with Gasteiger partial charge in [0.15, 0.2) is 0 Å². The molecule has 0 saturated carbocycles. The summed E-state index contributed by atoms with van der Waals surface area (Å²) in [5.74, 6) is 0.869. The Morgan fingerprint density at radius 3 is 2.80 bits per heavy atom. The minimum Gasteiger partial charge on any atom is -0.486 e. The first-order valence-electron chi connectivity index (χ1n) is 7.82. The van der Waals surface area contributed by atoms with E-state index in [1.165, 1.54) is 16.9 Å². The first-order chi connectivity index (χ1) is 11.2. The van der Waals surface area contributed by atoms with Crippen LogP contribution in [0.2, 0.25) is 0 Å². The van der Waals surface area contributed by atoms with Crippen LogP contribution in [0.5, 0.6) is 5.75 Å². The molecule has 25 heavy (non-hydrogen) atoms. The molecule has 8 heteroatoms. The van der Waals surface area contributed by atoms with E-state index >= 15 is 0 Å². The fraction of sp³-hybridized carbons (Fsp3) is 0.412. The van der Waals surface area contributed by atoms with Crippen molar-refractivity contribution in [3.8, 4) is 5.75 Å². The quantitative estimate of drug-likeness (QED) is 0.777. The SMILES string of the molecule is Cc1ccc(OCc2nc(CC(=O)NC3CCNC3)cs2)cc1.Cl.Cl. The molecule has 0 radical (unpaired) electrons. The number of amides is 1. The van der Waals surface area contributed by atoms with Crippen LogP contribution in [0.25, 0.3) is 0 Å². The van der Waals surface area contributed by atoms with Gasteiger partial charge in [-0.2, -0.15) is 0 Å². The summed E-state index contributed by atoms with van der Waals surface area (Å²) in [4.78, 5) is 16.5. The van der Waals surface area contributed by atoms with Crippen LogP contribution in [0.1, 0.15) is 22.7 Å². The number of benzene rings is 1.